The van der Waals surface area contributed by atoms with Crippen molar-refractivity contribution in [2.75, 3.05) is 18.4 Å². The van der Waals surface area contributed by atoms with Crippen LogP contribution in [0.25, 0.3) is 6.08 Å². The van der Waals surface area contributed by atoms with Gasteiger partial charge in [0.15, 0.2) is 0 Å². The van der Waals surface area contributed by atoms with Crippen molar-refractivity contribution in [1.29, 1.82) is 0 Å². The summed E-state index contributed by atoms with van der Waals surface area (Å²) >= 11 is 5.83. The minimum absolute atomic E-state index is 0.100. The molecule has 2 bridgehead atoms. The number of benzene rings is 2. The summed E-state index contributed by atoms with van der Waals surface area (Å²) in [5.74, 6) is -1.33. The Morgan fingerprint density at radius 1 is 1.12 bits per heavy atom. The summed E-state index contributed by atoms with van der Waals surface area (Å²) in [5.41, 5.74) is 1.76. The van der Waals surface area contributed by atoms with Gasteiger partial charge in [-0.2, -0.15) is 0 Å². The fraction of sp³-hybridized carbons (Fsp3) is 0.333. The van der Waals surface area contributed by atoms with Crippen LogP contribution < -0.4 is 5.32 Å². The smallest absolute Gasteiger partial charge is 0.247 e. The van der Waals surface area contributed by atoms with Crippen molar-refractivity contribution in [3.8, 4) is 0 Å². The third kappa shape index (κ3) is 5.00. The van der Waals surface area contributed by atoms with Gasteiger partial charge in [-0.25, -0.2) is 8.78 Å². The Hall–Kier alpha value is -2.77. The quantitative estimate of drug-likeness (QED) is 0.671. The van der Waals surface area contributed by atoms with E-state index in [0.29, 0.717) is 11.3 Å². The molecular formula is C24H24ClF2N3O2. The fourth-order valence-electron chi connectivity index (χ4n) is 4.57. The first-order valence-corrected chi connectivity index (χ1v) is 10.9. The van der Waals surface area contributed by atoms with Crippen LogP contribution in [0.5, 0.6) is 0 Å². The van der Waals surface area contributed by atoms with Gasteiger partial charge in [0, 0.05) is 56.0 Å². The number of piperazine rings is 1. The lowest BCUT2D eigenvalue weighted by Crippen LogP contribution is -2.55. The van der Waals surface area contributed by atoms with E-state index in [-0.39, 0.29) is 34.7 Å². The van der Waals surface area contributed by atoms with Crippen LogP contribution in [0, 0.1) is 11.6 Å². The number of nitrogens with zero attached hydrogens (tertiary/aromatic N) is 2. The largest absolute Gasteiger partial charge is 0.331 e. The summed E-state index contributed by atoms with van der Waals surface area (Å²) in [7, 11) is 0. The fourth-order valence-corrected chi connectivity index (χ4v) is 4.74. The average Bonchev–Trinajstić information content (AvgIpc) is 3.01. The molecule has 1 N–H and O–H groups in total. The van der Waals surface area contributed by atoms with E-state index in [1.54, 1.807) is 12.1 Å². The van der Waals surface area contributed by atoms with E-state index < -0.39 is 5.82 Å². The first-order chi connectivity index (χ1) is 15.3. The molecule has 0 saturated carbocycles. The van der Waals surface area contributed by atoms with Gasteiger partial charge >= 0.3 is 0 Å². The second-order valence-electron chi connectivity index (χ2n) is 8.32. The zero-order chi connectivity index (χ0) is 22.8. The number of carbonyl (C=O) groups is 2. The van der Waals surface area contributed by atoms with Gasteiger partial charge < -0.3 is 10.2 Å². The molecule has 5 nitrogen and oxygen atoms in total. The first-order valence-electron chi connectivity index (χ1n) is 10.5. The number of halogens is 3. The van der Waals surface area contributed by atoms with Crippen molar-refractivity contribution < 1.29 is 18.4 Å². The molecule has 0 radical (unpaired) electrons. The van der Waals surface area contributed by atoms with Crippen LogP contribution in [0.3, 0.4) is 0 Å². The lowest BCUT2D eigenvalue weighted by Gasteiger charge is -2.40. The molecule has 2 fully saturated rings. The van der Waals surface area contributed by atoms with Gasteiger partial charge in [0.1, 0.15) is 11.6 Å². The maximum Gasteiger partial charge on any atom is 0.247 e. The Labute approximate surface area is 190 Å². The Kier molecular flexibility index (Phi) is 6.58. The summed E-state index contributed by atoms with van der Waals surface area (Å²) in [6.45, 7) is 3.56. The highest BCUT2D eigenvalue weighted by atomic mass is 35.5. The van der Waals surface area contributed by atoms with Crippen LogP contribution in [0.2, 0.25) is 5.02 Å². The van der Waals surface area contributed by atoms with E-state index >= 15 is 0 Å². The monoisotopic (exact) mass is 459 g/mol. The molecule has 2 atom stereocenters. The van der Waals surface area contributed by atoms with Gasteiger partial charge in [-0.15, -0.1) is 0 Å². The normalized spacial score (nSPS) is 20.7. The maximum atomic E-state index is 14.0. The molecule has 2 unspecified atom stereocenters. The predicted octanol–water partition coefficient (Wildman–Crippen LogP) is 4.47. The number of carbonyl (C=O) groups excluding carboxylic acids is 2. The van der Waals surface area contributed by atoms with Crippen LogP contribution in [-0.4, -0.2) is 46.8 Å². The molecule has 2 heterocycles. The topological polar surface area (TPSA) is 52.7 Å². The molecule has 2 aliphatic heterocycles. The van der Waals surface area contributed by atoms with Gasteiger partial charge in [-0.1, -0.05) is 23.7 Å². The van der Waals surface area contributed by atoms with Crippen LogP contribution >= 0.6 is 11.6 Å². The van der Waals surface area contributed by atoms with Gasteiger partial charge in [0.2, 0.25) is 11.8 Å². The molecule has 8 heteroatoms. The maximum absolute atomic E-state index is 14.0. The molecule has 32 heavy (non-hydrogen) atoms. The third-order valence-corrected chi connectivity index (χ3v) is 6.23. The van der Waals surface area contributed by atoms with Gasteiger partial charge in [-0.3, -0.25) is 14.5 Å². The number of amides is 2. The minimum atomic E-state index is -0.623. The second-order valence-corrected chi connectivity index (χ2v) is 8.73. The van der Waals surface area contributed by atoms with Crippen molar-refractivity contribution in [1.82, 2.24) is 9.80 Å². The van der Waals surface area contributed by atoms with Crippen molar-refractivity contribution >= 4 is 35.2 Å². The van der Waals surface area contributed by atoms with Crippen molar-refractivity contribution in [2.24, 2.45) is 0 Å². The van der Waals surface area contributed by atoms with E-state index in [4.69, 9.17) is 11.6 Å². The molecule has 2 aliphatic rings. The average molecular weight is 460 g/mol. The summed E-state index contributed by atoms with van der Waals surface area (Å²) < 4.78 is 27.1. The molecule has 0 aliphatic carbocycles. The SMILES string of the molecule is CC(=O)Nc1cc(Cl)c(F)cc1/C=C/C(=O)N1C2CCC1CN(Cc1ccc(F)cc1)C2. The molecular weight excluding hydrogens is 436 g/mol. The van der Waals surface area contributed by atoms with Crippen molar-refractivity contribution in [2.45, 2.75) is 38.4 Å². The molecule has 4 rings (SSSR count). The molecule has 168 valence electrons. The van der Waals surface area contributed by atoms with Crippen molar-refractivity contribution in [3.63, 3.8) is 0 Å². The standard InChI is InChI=1S/C24H24ClF2N3O2/c1-15(31)28-23-11-21(25)22(27)10-17(23)4-9-24(32)30-19-7-8-20(30)14-29(13-19)12-16-2-5-18(26)6-3-16/h2-6,9-11,19-20H,7-8,12-14H2,1H3,(H,28,31)/b9-4+. The molecule has 2 aromatic carbocycles. The number of hydrogen-bond donors (Lipinski definition) is 1. The molecule has 0 spiro atoms. The number of likely N-dealkylation sites (tertiary alicyclic amines) is 1. The molecule has 2 amide bonds. The Morgan fingerprint density at radius 2 is 1.78 bits per heavy atom. The lowest BCUT2D eigenvalue weighted by molar-refractivity contribution is -0.131. The van der Waals surface area contributed by atoms with E-state index in [1.165, 1.54) is 43.3 Å². The second kappa shape index (κ2) is 9.38. The molecule has 2 saturated heterocycles. The van der Waals surface area contributed by atoms with Crippen LogP contribution in [0.4, 0.5) is 14.5 Å². The Bertz CT molecular complexity index is 1040. The zero-order valence-electron chi connectivity index (χ0n) is 17.7. The Balaban J connectivity index is 1.45. The summed E-state index contributed by atoms with van der Waals surface area (Å²) in [4.78, 5) is 28.6. The number of hydrogen-bond acceptors (Lipinski definition) is 3. The van der Waals surface area contributed by atoms with Gasteiger partial charge in [0.25, 0.3) is 0 Å². The van der Waals surface area contributed by atoms with Crippen LogP contribution in [0.1, 0.15) is 30.9 Å². The summed E-state index contributed by atoms with van der Waals surface area (Å²) in [6.07, 6.45) is 4.79. The summed E-state index contributed by atoms with van der Waals surface area (Å²) in [6, 6.07) is 9.23. The number of rotatable bonds is 5. The zero-order valence-corrected chi connectivity index (χ0v) is 18.4. The van der Waals surface area contributed by atoms with E-state index in [2.05, 4.69) is 10.2 Å². The van der Waals surface area contributed by atoms with Crippen LogP contribution in [0.15, 0.2) is 42.5 Å². The predicted molar refractivity (Wildman–Crippen MR) is 120 cm³/mol. The van der Waals surface area contributed by atoms with E-state index in [1.807, 2.05) is 4.90 Å². The lowest BCUT2D eigenvalue weighted by atomic mass is 10.1. The van der Waals surface area contributed by atoms with E-state index in [0.717, 1.165) is 38.0 Å². The first kappa shape index (κ1) is 22.4. The minimum Gasteiger partial charge on any atom is -0.331 e. The van der Waals surface area contributed by atoms with Gasteiger partial charge in [0.05, 0.1) is 5.02 Å². The highest BCUT2D eigenvalue weighted by molar-refractivity contribution is 6.31. The van der Waals surface area contributed by atoms with Crippen LogP contribution in [-0.2, 0) is 16.1 Å². The third-order valence-electron chi connectivity index (χ3n) is 5.94. The number of anilines is 1. The van der Waals surface area contributed by atoms with E-state index in [9.17, 15) is 18.4 Å². The van der Waals surface area contributed by atoms with Gasteiger partial charge in [-0.05, 0) is 48.7 Å². The molecule has 2 aromatic rings. The van der Waals surface area contributed by atoms with Crippen molar-refractivity contribution in [3.05, 3.63) is 70.3 Å². The summed E-state index contributed by atoms with van der Waals surface area (Å²) in [5, 5.41) is 2.51. The highest BCUT2D eigenvalue weighted by Crippen LogP contribution is 2.32. The number of fused-ring (bicyclic) bond motifs is 2. The number of nitrogens with one attached hydrogen (secondary N) is 1. The Morgan fingerprint density at radius 3 is 2.41 bits per heavy atom. The highest BCUT2D eigenvalue weighted by Gasteiger charge is 2.41. The molecule has 0 aromatic heterocycles.